The van der Waals surface area contributed by atoms with Gasteiger partial charge in [-0.25, -0.2) is 0 Å². The predicted molar refractivity (Wildman–Crippen MR) is 51.7 cm³/mol. The molecule has 0 saturated carbocycles. The van der Waals surface area contributed by atoms with Gasteiger partial charge in [-0.2, -0.15) is 0 Å². The predicted octanol–water partition coefficient (Wildman–Crippen LogP) is 2.70. The average Bonchev–Trinajstić information content (AvgIpc) is 2.51. The van der Waals surface area contributed by atoms with Crippen LogP contribution in [0.1, 0.15) is 24.8 Å². The highest BCUT2D eigenvalue weighted by Crippen LogP contribution is 2.45. The van der Waals surface area contributed by atoms with Crippen molar-refractivity contribution < 1.29 is 23.0 Å². The molecule has 0 saturated heterocycles. The molecule has 0 aliphatic carbocycles. The second-order valence-corrected chi connectivity index (χ2v) is 3.65. The van der Waals surface area contributed by atoms with Gasteiger partial charge in [-0.05, 0) is 12.0 Å². The van der Waals surface area contributed by atoms with E-state index < -0.39 is 6.29 Å². The van der Waals surface area contributed by atoms with E-state index in [2.05, 4.69) is 9.47 Å². The third-order valence-electron chi connectivity index (χ3n) is 2.44. The molecular weight excluding hydrogens is 218 g/mol. The highest BCUT2D eigenvalue weighted by Gasteiger charge is 2.44. The van der Waals surface area contributed by atoms with E-state index in [1.165, 1.54) is 6.07 Å². The van der Waals surface area contributed by atoms with Crippen LogP contribution in [0, 0.1) is 0 Å². The number of rotatable bonds is 3. The third kappa shape index (κ3) is 1.85. The first-order valence-corrected chi connectivity index (χ1v) is 4.86. The highest BCUT2D eigenvalue weighted by atomic mass is 19.3. The largest absolute Gasteiger partial charge is 0.586 e. The van der Waals surface area contributed by atoms with Gasteiger partial charge in [0, 0.05) is 12.0 Å². The lowest BCUT2D eigenvalue weighted by Crippen LogP contribution is -2.26. The zero-order valence-corrected chi connectivity index (χ0v) is 8.57. The van der Waals surface area contributed by atoms with Crippen molar-refractivity contribution in [3.8, 4) is 11.5 Å². The molecule has 0 N–H and O–H groups in total. The maximum absolute atomic E-state index is 12.9. The summed E-state index contributed by atoms with van der Waals surface area (Å²) in [6.45, 7) is 1.77. The lowest BCUT2D eigenvalue weighted by Gasteiger charge is -2.11. The summed E-state index contributed by atoms with van der Waals surface area (Å²) in [6.07, 6.45) is -2.61. The summed E-state index contributed by atoms with van der Waals surface area (Å²) < 4.78 is 34.4. The summed E-state index contributed by atoms with van der Waals surface area (Å²) in [5.74, 6) is -0.132. The lowest BCUT2D eigenvalue weighted by atomic mass is 9.97. The number of hydrogen-bond donors (Lipinski definition) is 0. The minimum absolute atomic E-state index is 0.0141. The normalized spacial score (nSPS) is 18.2. The Kier molecular flexibility index (Phi) is 2.53. The molecule has 3 nitrogen and oxygen atoms in total. The van der Waals surface area contributed by atoms with Crippen LogP contribution in [0.4, 0.5) is 8.78 Å². The van der Waals surface area contributed by atoms with Gasteiger partial charge in [0.2, 0.25) is 0 Å². The van der Waals surface area contributed by atoms with Crippen molar-refractivity contribution in [2.75, 3.05) is 0 Å². The Morgan fingerprint density at radius 3 is 2.88 bits per heavy atom. The molecule has 1 aromatic rings. The molecule has 1 aromatic carbocycles. The Labute approximate surface area is 91.0 Å². The third-order valence-corrected chi connectivity index (χ3v) is 2.44. The van der Waals surface area contributed by atoms with Crippen LogP contribution in [-0.2, 0) is 4.79 Å². The van der Waals surface area contributed by atoms with Crippen molar-refractivity contribution in [3.05, 3.63) is 23.8 Å². The molecule has 0 amide bonds. The Morgan fingerprint density at radius 2 is 2.19 bits per heavy atom. The number of carbonyl (C=O) groups is 1. The molecule has 1 atom stereocenters. The number of ether oxygens (including phenoxy) is 2. The molecule has 1 heterocycles. The monoisotopic (exact) mass is 228 g/mol. The standard InChI is InChI=1S/C11H10F2O3/c1-7(5-6-14)8-3-2-4-9-10(8)16-11(12,13)15-9/h2-4,6-7H,5H2,1H3. The minimum atomic E-state index is -3.61. The fraction of sp³-hybridized carbons (Fsp3) is 0.364. The van der Waals surface area contributed by atoms with Crippen LogP contribution in [0.2, 0.25) is 0 Å². The topological polar surface area (TPSA) is 35.5 Å². The van der Waals surface area contributed by atoms with Gasteiger partial charge in [0.25, 0.3) is 0 Å². The van der Waals surface area contributed by atoms with Crippen LogP contribution in [0.15, 0.2) is 18.2 Å². The lowest BCUT2D eigenvalue weighted by molar-refractivity contribution is -0.287. The summed E-state index contributed by atoms with van der Waals surface area (Å²) in [6, 6.07) is 4.66. The van der Waals surface area contributed by atoms with Gasteiger partial charge in [0.15, 0.2) is 11.5 Å². The first-order chi connectivity index (χ1) is 7.53. The van der Waals surface area contributed by atoms with Crippen molar-refractivity contribution in [3.63, 3.8) is 0 Å². The van der Waals surface area contributed by atoms with Crippen LogP contribution >= 0.6 is 0 Å². The molecule has 16 heavy (non-hydrogen) atoms. The number of carbonyl (C=O) groups excluding carboxylic acids is 1. The molecule has 0 spiro atoms. The fourth-order valence-electron chi connectivity index (χ4n) is 1.65. The molecule has 0 radical (unpaired) electrons. The molecule has 1 aliphatic rings. The first kappa shape index (κ1) is 10.9. The quantitative estimate of drug-likeness (QED) is 0.746. The van der Waals surface area contributed by atoms with Gasteiger partial charge in [0.1, 0.15) is 6.29 Å². The molecule has 0 aromatic heterocycles. The van der Waals surface area contributed by atoms with E-state index >= 15 is 0 Å². The van der Waals surface area contributed by atoms with Crippen molar-refractivity contribution in [2.24, 2.45) is 0 Å². The zero-order chi connectivity index (χ0) is 11.8. The molecule has 0 fully saturated rings. The van der Waals surface area contributed by atoms with Crippen LogP contribution in [0.3, 0.4) is 0 Å². The Bertz CT molecular complexity index is 418. The van der Waals surface area contributed by atoms with E-state index in [-0.39, 0.29) is 23.8 Å². The SMILES string of the molecule is CC(CC=O)c1cccc2c1OC(F)(F)O2. The second-order valence-electron chi connectivity index (χ2n) is 3.65. The Hall–Kier alpha value is -1.65. The van der Waals surface area contributed by atoms with Gasteiger partial charge < -0.3 is 14.3 Å². The Balaban J connectivity index is 2.36. The molecule has 2 rings (SSSR count). The first-order valence-electron chi connectivity index (χ1n) is 4.86. The van der Waals surface area contributed by atoms with Crippen molar-refractivity contribution in [1.29, 1.82) is 0 Å². The fourth-order valence-corrected chi connectivity index (χ4v) is 1.65. The van der Waals surface area contributed by atoms with Gasteiger partial charge in [0.05, 0.1) is 0 Å². The Morgan fingerprint density at radius 1 is 1.44 bits per heavy atom. The number of fused-ring (bicyclic) bond motifs is 1. The number of benzene rings is 1. The van der Waals surface area contributed by atoms with Crippen LogP contribution in [-0.4, -0.2) is 12.6 Å². The zero-order valence-electron chi connectivity index (χ0n) is 8.57. The maximum atomic E-state index is 12.9. The molecule has 0 bridgehead atoms. The molecule has 1 unspecified atom stereocenters. The van der Waals surface area contributed by atoms with E-state index in [0.29, 0.717) is 5.56 Å². The second kappa shape index (κ2) is 3.73. The summed E-state index contributed by atoms with van der Waals surface area (Å²) in [5, 5.41) is 0. The maximum Gasteiger partial charge on any atom is 0.586 e. The van der Waals surface area contributed by atoms with Gasteiger partial charge >= 0.3 is 6.29 Å². The van der Waals surface area contributed by atoms with Crippen LogP contribution in [0.5, 0.6) is 11.5 Å². The average molecular weight is 228 g/mol. The van der Waals surface area contributed by atoms with Crippen molar-refractivity contribution in [2.45, 2.75) is 25.6 Å². The van der Waals surface area contributed by atoms with E-state index in [4.69, 9.17) is 0 Å². The summed E-state index contributed by atoms with van der Waals surface area (Å²) in [7, 11) is 0. The smallest absolute Gasteiger partial charge is 0.395 e. The molecule has 86 valence electrons. The molecule has 5 heteroatoms. The molecular formula is C11H10F2O3. The molecule has 1 aliphatic heterocycles. The van der Waals surface area contributed by atoms with Gasteiger partial charge in [-0.1, -0.05) is 19.1 Å². The van der Waals surface area contributed by atoms with Gasteiger partial charge in [-0.15, -0.1) is 8.78 Å². The van der Waals surface area contributed by atoms with E-state index in [1.54, 1.807) is 19.1 Å². The van der Waals surface area contributed by atoms with E-state index in [9.17, 15) is 13.6 Å². The number of alkyl halides is 2. The van der Waals surface area contributed by atoms with Gasteiger partial charge in [-0.3, -0.25) is 0 Å². The van der Waals surface area contributed by atoms with Crippen LogP contribution < -0.4 is 9.47 Å². The number of halogens is 2. The minimum Gasteiger partial charge on any atom is -0.395 e. The van der Waals surface area contributed by atoms with Crippen molar-refractivity contribution >= 4 is 6.29 Å². The summed E-state index contributed by atoms with van der Waals surface area (Å²) in [4.78, 5) is 10.4. The summed E-state index contributed by atoms with van der Waals surface area (Å²) in [5.41, 5.74) is 0.557. The summed E-state index contributed by atoms with van der Waals surface area (Å²) >= 11 is 0. The van der Waals surface area contributed by atoms with Crippen molar-refractivity contribution in [1.82, 2.24) is 0 Å². The number of para-hydroxylation sites is 1. The van der Waals surface area contributed by atoms with E-state index in [1.807, 2.05) is 0 Å². The number of aldehydes is 1. The number of hydrogen-bond acceptors (Lipinski definition) is 3. The van der Waals surface area contributed by atoms with E-state index in [0.717, 1.165) is 6.29 Å². The highest BCUT2D eigenvalue weighted by molar-refractivity contribution is 5.55. The van der Waals surface area contributed by atoms with Crippen LogP contribution in [0.25, 0.3) is 0 Å².